The minimum absolute atomic E-state index is 0.00273. The van der Waals surface area contributed by atoms with E-state index in [1.54, 1.807) is 19.2 Å². The summed E-state index contributed by atoms with van der Waals surface area (Å²) in [4.78, 5) is 0. The number of rotatable bonds is 3. The van der Waals surface area contributed by atoms with E-state index in [1.807, 2.05) is 6.07 Å². The highest BCUT2D eigenvalue weighted by Gasteiger charge is 2.31. The van der Waals surface area contributed by atoms with Crippen LogP contribution in [0.1, 0.15) is 24.4 Å². The number of hydrogen-bond donors (Lipinski definition) is 2. The van der Waals surface area contributed by atoms with Gasteiger partial charge in [-0.05, 0) is 24.8 Å². The highest BCUT2D eigenvalue weighted by Crippen LogP contribution is 2.44. The second kappa shape index (κ2) is 3.50. The molecule has 76 valence electrons. The molecule has 14 heavy (non-hydrogen) atoms. The number of phenols is 1. The van der Waals surface area contributed by atoms with Gasteiger partial charge in [-0.1, -0.05) is 12.1 Å². The molecule has 0 aliphatic heterocycles. The van der Waals surface area contributed by atoms with Crippen LogP contribution in [-0.4, -0.2) is 12.2 Å². The molecular weight excluding hydrogens is 178 g/mol. The summed E-state index contributed by atoms with van der Waals surface area (Å²) in [5, 5.41) is 9.56. The Bertz CT molecular complexity index is 334. The summed E-state index contributed by atoms with van der Waals surface area (Å²) in [6.07, 6.45) is 2.36. The molecule has 0 spiro atoms. The van der Waals surface area contributed by atoms with Crippen molar-refractivity contribution in [1.82, 2.24) is 0 Å². The van der Waals surface area contributed by atoms with Gasteiger partial charge in [-0.25, -0.2) is 0 Å². The van der Waals surface area contributed by atoms with Crippen molar-refractivity contribution in [3.05, 3.63) is 23.8 Å². The van der Waals surface area contributed by atoms with Crippen LogP contribution in [0.2, 0.25) is 0 Å². The smallest absolute Gasteiger partial charge is 0.165 e. The third-order valence-corrected chi connectivity index (χ3v) is 2.72. The maximum atomic E-state index is 9.56. The van der Waals surface area contributed by atoms with E-state index in [0.717, 1.165) is 5.56 Å². The first-order valence-electron chi connectivity index (χ1n) is 4.85. The van der Waals surface area contributed by atoms with Crippen LogP contribution in [0.4, 0.5) is 0 Å². The average molecular weight is 193 g/mol. The Morgan fingerprint density at radius 3 is 2.79 bits per heavy atom. The van der Waals surface area contributed by atoms with Crippen LogP contribution in [0.5, 0.6) is 11.5 Å². The second-order valence-electron chi connectivity index (χ2n) is 3.76. The highest BCUT2D eigenvalue weighted by atomic mass is 16.5. The summed E-state index contributed by atoms with van der Waals surface area (Å²) in [6, 6.07) is 5.33. The lowest BCUT2D eigenvalue weighted by Gasteiger charge is -2.15. The van der Waals surface area contributed by atoms with Crippen molar-refractivity contribution in [3.63, 3.8) is 0 Å². The van der Waals surface area contributed by atoms with Gasteiger partial charge < -0.3 is 15.6 Å². The highest BCUT2D eigenvalue weighted by molar-refractivity contribution is 5.47. The largest absolute Gasteiger partial charge is 0.504 e. The predicted molar refractivity (Wildman–Crippen MR) is 54.3 cm³/mol. The van der Waals surface area contributed by atoms with Gasteiger partial charge in [0, 0.05) is 11.6 Å². The van der Waals surface area contributed by atoms with Crippen molar-refractivity contribution in [2.45, 2.75) is 18.9 Å². The molecule has 0 bridgehead atoms. The van der Waals surface area contributed by atoms with Gasteiger partial charge >= 0.3 is 0 Å². The van der Waals surface area contributed by atoms with E-state index in [0.29, 0.717) is 11.7 Å². The van der Waals surface area contributed by atoms with E-state index in [-0.39, 0.29) is 11.8 Å². The van der Waals surface area contributed by atoms with Crippen molar-refractivity contribution >= 4 is 0 Å². The minimum atomic E-state index is -0.00273. The minimum Gasteiger partial charge on any atom is -0.504 e. The van der Waals surface area contributed by atoms with Crippen LogP contribution in [0.25, 0.3) is 0 Å². The molecule has 3 N–H and O–H groups in total. The molecule has 0 heterocycles. The zero-order valence-corrected chi connectivity index (χ0v) is 8.23. The predicted octanol–water partition coefficient (Wildman–Crippen LogP) is 1.81. The molecule has 1 aromatic rings. The van der Waals surface area contributed by atoms with E-state index in [2.05, 4.69) is 0 Å². The van der Waals surface area contributed by atoms with Crippen molar-refractivity contribution in [2.75, 3.05) is 7.11 Å². The lowest BCUT2D eigenvalue weighted by atomic mass is 10.0. The van der Waals surface area contributed by atoms with Crippen LogP contribution in [0.15, 0.2) is 18.2 Å². The Hall–Kier alpha value is -1.22. The molecule has 1 aliphatic rings. The zero-order chi connectivity index (χ0) is 10.1. The van der Waals surface area contributed by atoms with Gasteiger partial charge in [-0.15, -0.1) is 0 Å². The number of benzene rings is 1. The molecule has 3 heteroatoms. The average Bonchev–Trinajstić information content (AvgIpc) is 2.99. The fourth-order valence-electron chi connectivity index (χ4n) is 1.74. The van der Waals surface area contributed by atoms with Crippen LogP contribution in [0, 0.1) is 5.92 Å². The third kappa shape index (κ3) is 1.55. The van der Waals surface area contributed by atoms with Gasteiger partial charge in [-0.2, -0.15) is 0 Å². The fourth-order valence-corrected chi connectivity index (χ4v) is 1.74. The van der Waals surface area contributed by atoms with Crippen molar-refractivity contribution in [1.29, 1.82) is 0 Å². The molecule has 1 atom stereocenters. The van der Waals surface area contributed by atoms with Gasteiger partial charge in [0.1, 0.15) is 0 Å². The number of methoxy groups -OCH3 is 1. The molecule has 0 amide bonds. The topological polar surface area (TPSA) is 55.5 Å². The Morgan fingerprint density at radius 2 is 2.21 bits per heavy atom. The maximum absolute atomic E-state index is 9.56. The summed E-state index contributed by atoms with van der Waals surface area (Å²) in [5.74, 6) is 1.25. The number of phenolic OH excluding ortho intramolecular Hbond substituents is 1. The van der Waals surface area contributed by atoms with Crippen molar-refractivity contribution in [2.24, 2.45) is 11.7 Å². The molecule has 0 unspecified atom stereocenters. The molecule has 2 rings (SSSR count). The molecule has 1 saturated carbocycles. The number of nitrogens with two attached hydrogens (primary N) is 1. The van der Waals surface area contributed by atoms with Gasteiger partial charge in [0.05, 0.1) is 7.11 Å². The lowest BCUT2D eigenvalue weighted by Crippen LogP contribution is -2.13. The van der Waals surface area contributed by atoms with Gasteiger partial charge in [0.25, 0.3) is 0 Å². The van der Waals surface area contributed by atoms with Gasteiger partial charge in [0.15, 0.2) is 11.5 Å². The van der Waals surface area contributed by atoms with Crippen LogP contribution in [-0.2, 0) is 0 Å². The van der Waals surface area contributed by atoms with Crippen molar-refractivity contribution < 1.29 is 9.84 Å². The molecule has 0 aromatic heterocycles. The summed E-state index contributed by atoms with van der Waals surface area (Å²) < 4.78 is 5.15. The first kappa shape index (κ1) is 9.34. The quantitative estimate of drug-likeness (QED) is 0.769. The zero-order valence-electron chi connectivity index (χ0n) is 8.23. The van der Waals surface area contributed by atoms with E-state index in [1.165, 1.54) is 12.8 Å². The summed E-state index contributed by atoms with van der Waals surface area (Å²) in [5.41, 5.74) is 6.97. The number of ether oxygens (including phenoxy) is 1. The number of para-hydroxylation sites is 1. The molecule has 1 aliphatic carbocycles. The number of hydrogen-bond acceptors (Lipinski definition) is 3. The van der Waals surface area contributed by atoms with Crippen LogP contribution >= 0.6 is 0 Å². The first-order valence-corrected chi connectivity index (χ1v) is 4.85. The Balaban J connectivity index is 2.35. The molecule has 0 radical (unpaired) electrons. The summed E-state index contributed by atoms with van der Waals surface area (Å²) in [7, 11) is 1.55. The maximum Gasteiger partial charge on any atom is 0.165 e. The van der Waals surface area contributed by atoms with Crippen LogP contribution < -0.4 is 10.5 Å². The molecule has 1 aromatic carbocycles. The lowest BCUT2D eigenvalue weighted by molar-refractivity contribution is 0.364. The Labute approximate surface area is 83.5 Å². The summed E-state index contributed by atoms with van der Waals surface area (Å²) >= 11 is 0. The molecule has 0 saturated heterocycles. The normalized spacial score (nSPS) is 17.9. The SMILES string of the molecule is COc1c(O)cccc1[C@H](N)C1CC1. The molecular formula is C11H15NO2. The molecule has 3 nitrogen and oxygen atoms in total. The van der Waals surface area contributed by atoms with E-state index in [4.69, 9.17) is 10.5 Å². The van der Waals surface area contributed by atoms with E-state index in [9.17, 15) is 5.11 Å². The Kier molecular flexibility index (Phi) is 2.33. The van der Waals surface area contributed by atoms with Gasteiger partial charge in [0.2, 0.25) is 0 Å². The standard InChI is InChI=1S/C11H15NO2/c1-14-11-8(3-2-4-9(11)13)10(12)7-5-6-7/h2-4,7,10,13H,5-6,12H2,1H3/t10-/m1/s1. The Morgan fingerprint density at radius 1 is 1.50 bits per heavy atom. The van der Waals surface area contributed by atoms with Gasteiger partial charge in [-0.3, -0.25) is 0 Å². The summed E-state index contributed by atoms with van der Waals surface area (Å²) in [6.45, 7) is 0. The monoisotopic (exact) mass is 193 g/mol. The number of aromatic hydroxyl groups is 1. The second-order valence-corrected chi connectivity index (χ2v) is 3.76. The van der Waals surface area contributed by atoms with E-state index < -0.39 is 0 Å². The fraction of sp³-hybridized carbons (Fsp3) is 0.455. The van der Waals surface area contributed by atoms with Crippen LogP contribution in [0.3, 0.4) is 0 Å². The van der Waals surface area contributed by atoms with E-state index >= 15 is 0 Å². The van der Waals surface area contributed by atoms with Crippen molar-refractivity contribution in [3.8, 4) is 11.5 Å². The first-order chi connectivity index (χ1) is 6.74. The molecule has 1 fully saturated rings. The third-order valence-electron chi connectivity index (χ3n) is 2.72.